The van der Waals surface area contributed by atoms with Gasteiger partial charge in [-0.2, -0.15) is 0 Å². The van der Waals surface area contributed by atoms with Crippen LogP contribution in [0.3, 0.4) is 0 Å². The van der Waals surface area contributed by atoms with Gasteiger partial charge in [0.25, 0.3) is 0 Å². The number of fused-ring (bicyclic) bond motifs is 4. The molecule has 0 radical (unpaired) electrons. The predicted molar refractivity (Wildman–Crippen MR) is 110 cm³/mol. The van der Waals surface area contributed by atoms with Crippen LogP contribution in [0.2, 0.25) is 0 Å². The monoisotopic (exact) mass is 490 g/mol. The second kappa shape index (κ2) is 6.08. The van der Waals surface area contributed by atoms with Crippen LogP contribution in [-0.2, 0) is 17.6 Å². The lowest BCUT2D eigenvalue weighted by Crippen LogP contribution is -2.64. The lowest BCUT2D eigenvalue weighted by Gasteiger charge is -2.54. The van der Waals surface area contributed by atoms with Crippen molar-refractivity contribution in [2.75, 3.05) is 0 Å². The van der Waals surface area contributed by atoms with Crippen LogP contribution in [0, 0.1) is 17.3 Å². The summed E-state index contributed by atoms with van der Waals surface area (Å²) in [6.07, 6.45) is 1.13. The van der Waals surface area contributed by atoms with Crippen LogP contribution in [-0.4, -0.2) is 18.0 Å². The highest BCUT2D eigenvalue weighted by Gasteiger charge is 2.59. The van der Waals surface area contributed by atoms with Gasteiger partial charge in [-0.1, -0.05) is 45.7 Å². The molecule has 3 nitrogen and oxygen atoms in total. The summed E-state index contributed by atoms with van der Waals surface area (Å²) in [6, 6.07) is 12.1. The molecule has 27 heavy (non-hydrogen) atoms. The fourth-order valence-corrected chi connectivity index (χ4v) is 5.87. The van der Waals surface area contributed by atoms with Crippen LogP contribution < -0.4 is 9.47 Å². The molecule has 140 valence electrons. The lowest BCUT2D eigenvalue weighted by molar-refractivity contribution is -0.161. The van der Waals surface area contributed by atoms with E-state index in [2.05, 4.69) is 57.8 Å². The number of benzene rings is 2. The Kier molecular flexibility index (Phi) is 4.00. The average molecular weight is 492 g/mol. The van der Waals surface area contributed by atoms with Gasteiger partial charge in [0.15, 0.2) is 0 Å². The molecule has 0 bridgehead atoms. The Hall–Kier alpha value is -1.33. The van der Waals surface area contributed by atoms with Crippen LogP contribution in [0.25, 0.3) is 0 Å². The van der Waals surface area contributed by atoms with Gasteiger partial charge >= 0.3 is 0 Å². The summed E-state index contributed by atoms with van der Waals surface area (Å²) in [5.74, 6) is 1.80. The van der Waals surface area contributed by atoms with E-state index in [1.807, 2.05) is 24.3 Å². The van der Waals surface area contributed by atoms with E-state index in [1.165, 1.54) is 0 Å². The first-order chi connectivity index (χ1) is 12.8. The van der Waals surface area contributed by atoms with Gasteiger partial charge in [0, 0.05) is 14.4 Å². The Labute approximate surface area is 175 Å². The Morgan fingerprint density at radius 3 is 1.74 bits per heavy atom. The number of ether oxygens (including phenoxy) is 2. The smallest absolute Gasteiger partial charge is 0.147 e. The van der Waals surface area contributed by atoms with E-state index in [0.29, 0.717) is 0 Å². The SMILES string of the molecule is CC1(C)[C@@H]2Oc3ccc(Br)cc3C[C@H]2C(=O)[C@@H]2Cc3cc(Br)ccc3O[C@H]21. The van der Waals surface area contributed by atoms with Crippen molar-refractivity contribution in [1.82, 2.24) is 0 Å². The minimum absolute atomic E-state index is 0.125. The molecule has 0 saturated heterocycles. The van der Waals surface area contributed by atoms with Crippen molar-refractivity contribution in [3.63, 3.8) is 0 Å². The maximum absolute atomic E-state index is 13.5. The van der Waals surface area contributed by atoms with Crippen LogP contribution >= 0.6 is 31.9 Å². The molecule has 0 spiro atoms. The molecule has 0 unspecified atom stereocenters. The van der Waals surface area contributed by atoms with Gasteiger partial charge < -0.3 is 9.47 Å². The molecule has 0 aromatic heterocycles. The summed E-state index contributed by atoms with van der Waals surface area (Å²) in [4.78, 5) is 13.5. The molecule has 0 amide bonds. The Morgan fingerprint density at radius 2 is 1.30 bits per heavy atom. The molecule has 2 aromatic carbocycles. The fraction of sp³-hybridized carbons (Fsp3) is 0.409. The molecule has 1 aliphatic carbocycles. The molecule has 2 heterocycles. The van der Waals surface area contributed by atoms with Crippen LogP contribution in [0.1, 0.15) is 25.0 Å². The van der Waals surface area contributed by atoms with E-state index in [-0.39, 0.29) is 35.2 Å². The Morgan fingerprint density at radius 1 is 0.852 bits per heavy atom. The maximum atomic E-state index is 13.5. The predicted octanol–water partition coefficient (Wildman–Crippen LogP) is 5.36. The first-order valence-electron chi connectivity index (χ1n) is 9.28. The molecule has 4 atom stereocenters. The van der Waals surface area contributed by atoms with Crippen molar-refractivity contribution in [2.45, 2.75) is 38.9 Å². The molecule has 0 N–H and O–H groups in total. The summed E-state index contributed by atoms with van der Waals surface area (Å²) in [7, 11) is 0. The van der Waals surface area contributed by atoms with Crippen molar-refractivity contribution in [3.05, 3.63) is 56.5 Å². The number of Topliss-reactive ketones (excluding diaryl/α,β-unsaturated/α-hetero) is 1. The minimum atomic E-state index is -0.265. The second-order valence-electron chi connectivity index (χ2n) is 8.43. The lowest BCUT2D eigenvalue weighted by atomic mass is 9.59. The quantitative estimate of drug-likeness (QED) is 0.497. The zero-order valence-electron chi connectivity index (χ0n) is 15.2. The minimum Gasteiger partial charge on any atom is -0.489 e. The molecular formula is C22H20Br2O3. The highest BCUT2D eigenvalue weighted by Crippen LogP contribution is 2.51. The van der Waals surface area contributed by atoms with E-state index in [0.717, 1.165) is 44.4 Å². The van der Waals surface area contributed by atoms with E-state index in [1.54, 1.807) is 0 Å². The molecule has 3 aliphatic rings. The number of hydrogen-bond acceptors (Lipinski definition) is 3. The van der Waals surface area contributed by atoms with Gasteiger partial charge in [-0.25, -0.2) is 0 Å². The summed E-state index contributed by atoms with van der Waals surface area (Å²) in [5.41, 5.74) is 1.94. The average Bonchev–Trinajstić information content (AvgIpc) is 2.64. The van der Waals surface area contributed by atoms with Crippen molar-refractivity contribution < 1.29 is 14.3 Å². The van der Waals surface area contributed by atoms with E-state index in [4.69, 9.17) is 9.47 Å². The van der Waals surface area contributed by atoms with Crippen molar-refractivity contribution in [1.29, 1.82) is 0 Å². The molecular weight excluding hydrogens is 472 g/mol. The maximum Gasteiger partial charge on any atom is 0.147 e. The molecule has 1 saturated carbocycles. The van der Waals surface area contributed by atoms with E-state index in [9.17, 15) is 4.79 Å². The highest BCUT2D eigenvalue weighted by molar-refractivity contribution is 9.10. The first-order valence-corrected chi connectivity index (χ1v) is 10.9. The number of carbonyl (C=O) groups is 1. The van der Waals surface area contributed by atoms with Gasteiger partial charge in [0.05, 0.1) is 11.8 Å². The topological polar surface area (TPSA) is 35.5 Å². The zero-order valence-corrected chi connectivity index (χ0v) is 18.3. The Bertz CT molecular complexity index is 879. The molecule has 5 rings (SSSR count). The molecule has 1 fully saturated rings. The van der Waals surface area contributed by atoms with E-state index < -0.39 is 0 Å². The first kappa shape index (κ1) is 17.7. The summed E-state index contributed by atoms with van der Waals surface area (Å²) in [5, 5.41) is 0. The van der Waals surface area contributed by atoms with Gasteiger partial charge in [0.1, 0.15) is 29.5 Å². The zero-order chi connectivity index (χ0) is 18.9. The van der Waals surface area contributed by atoms with Gasteiger partial charge in [-0.15, -0.1) is 0 Å². The summed E-state index contributed by atoms with van der Waals surface area (Å²) >= 11 is 7.06. The normalized spacial score (nSPS) is 30.1. The van der Waals surface area contributed by atoms with Crippen molar-refractivity contribution in [3.8, 4) is 11.5 Å². The number of rotatable bonds is 0. The van der Waals surface area contributed by atoms with Crippen molar-refractivity contribution in [2.24, 2.45) is 17.3 Å². The van der Waals surface area contributed by atoms with Gasteiger partial charge in [0.2, 0.25) is 0 Å². The van der Waals surface area contributed by atoms with Crippen molar-refractivity contribution >= 4 is 37.6 Å². The molecule has 2 aromatic rings. The number of ketones is 1. The molecule has 2 aliphatic heterocycles. The van der Waals surface area contributed by atoms with E-state index >= 15 is 0 Å². The number of halogens is 2. The van der Waals surface area contributed by atoms with Gasteiger partial charge in [-0.3, -0.25) is 4.79 Å². The Balaban J connectivity index is 1.56. The standard InChI is InChI=1S/C22H20Br2O3/c1-22(2)20-15(9-11-7-13(23)3-5-17(11)26-20)19(25)16-10-12-8-14(24)4-6-18(12)27-21(16)22/h3-8,15-16,20-21H,9-10H2,1-2H3/t15-,16-,20+,21+/m0/s1. The third kappa shape index (κ3) is 2.69. The third-order valence-corrected chi connectivity index (χ3v) is 7.35. The number of hydrogen-bond donors (Lipinski definition) is 0. The third-order valence-electron chi connectivity index (χ3n) is 6.36. The fourth-order valence-electron chi connectivity index (χ4n) is 5.05. The summed E-state index contributed by atoms with van der Waals surface area (Å²) < 4.78 is 14.8. The van der Waals surface area contributed by atoms with Crippen LogP contribution in [0.15, 0.2) is 45.3 Å². The summed E-state index contributed by atoms with van der Waals surface area (Å²) in [6.45, 7) is 4.37. The second-order valence-corrected chi connectivity index (χ2v) is 10.3. The van der Waals surface area contributed by atoms with Crippen LogP contribution in [0.5, 0.6) is 11.5 Å². The van der Waals surface area contributed by atoms with Gasteiger partial charge in [-0.05, 0) is 60.4 Å². The number of carbonyl (C=O) groups excluding carboxylic acids is 1. The molecule has 5 heteroatoms. The largest absolute Gasteiger partial charge is 0.489 e. The highest BCUT2D eigenvalue weighted by atomic mass is 79.9. The van der Waals surface area contributed by atoms with Crippen LogP contribution in [0.4, 0.5) is 0 Å².